The van der Waals surface area contributed by atoms with E-state index in [0.29, 0.717) is 19.3 Å². The number of carbonyl (C=O) groups is 1. The van der Waals surface area contributed by atoms with Crippen molar-refractivity contribution in [2.75, 3.05) is 6.61 Å². The van der Waals surface area contributed by atoms with Gasteiger partial charge in [-0.05, 0) is 89.9 Å². The molecule has 5 N–H and O–H groups in total. The van der Waals surface area contributed by atoms with Crippen LogP contribution in [0.4, 0.5) is 0 Å². The number of aliphatic hydroxyl groups is 4. The highest BCUT2D eigenvalue weighted by atomic mass is 16.3. The molecule has 0 saturated heterocycles. The molecule has 0 bridgehead atoms. The molecular formula is C45H81NO5. The van der Waals surface area contributed by atoms with Gasteiger partial charge in [-0.3, -0.25) is 4.79 Å². The Labute approximate surface area is 314 Å². The average molecular weight is 716 g/mol. The van der Waals surface area contributed by atoms with Crippen LogP contribution in [0.1, 0.15) is 187 Å². The molecule has 1 amide bonds. The van der Waals surface area contributed by atoms with E-state index in [-0.39, 0.29) is 0 Å². The summed E-state index contributed by atoms with van der Waals surface area (Å²) in [5.41, 5.74) is 0. The molecule has 0 aliphatic carbocycles. The summed E-state index contributed by atoms with van der Waals surface area (Å²) in [5.74, 6) is -0.615. The van der Waals surface area contributed by atoms with Gasteiger partial charge in [-0.1, -0.05) is 158 Å². The molecule has 0 fully saturated rings. The van der Waals surface area contributed by atoms with Crippen LogP contribution in [0.15, 0.2) is 60.8 Å². The Balaban J connectivity index is 3.89. The lowest BCUT2D eigenvalue weighted by Crippen LogP contribution is -2.53. The third-order valence-electron chi connectivity index (χ3n) is 9.43. The van der Waals surface area contributed by atoms with Gasteiger partial charge in [0.2, 0.25) is 5.91 Å². The first kappa shape index (κ1) is 49.0. The molecule has 296 valence electrons. The Kier molecular flexibility index (Phi) is 37.7. The Morgan fingerprint density at radius 1 is 0.490 bits per heavy atom. The summed E-state index contributed by atoms with van der Waals surface area (Å²) >= 11 is 0. The molecule has 4 unspecified atom stereocenters. The zero-order chi connectivity index (χ0) is 37.5. The van der Waals surface area contributed by atoms with Gasteiger partial charge in [0.15, 0.2) is 0 Å². The fourth-order valence-electron chi connectivity index (χ4n) is 6.01. The van der Waals surface area contributed by atoms with Crippen LogP contribution in [-0.2, 0) is 4.79 Å². The molecule has 0 aliphatic heterocycles. The van der Waals surface area contributed by atoms with Crippen molar-refractivity contribution in [1.29, 1.82) is 0 Å². The van der Waals surface area contributed by atoms with Crippen LogP contribution >= 0.6 is 0 Å². The van der Waals surface area contributed by atoms with E-state index in [9.17, 15) is 25.2 Å². The maximum Gasteiger partial charge on any atom is 0.249 e. The molecule has 0 rings (SSSR count). The summed E-state index contributed by atoms with van der Waals surface area (Å²) in [6.07, 6.45) is 48.1. The average Bonchev–Trinajstić information content (AvgIpc) is 3.13. The second-order valence-corrected chi connectivity index (χ2v) is 14.3. The van der Waals surface area contributed by atoms with Crippen LogP contribution in [0.3, 0.4) is 0 Å². The van der Waals surface area contributed by atoms with Crippen molar-refractivity contribution >= 4 is 5.91 Å². The third-order valence-corrected chi connectivity index (χ3v) is 9.43. The van der Waals surface area contributed by atoms with Crippen LogP contribution < -0.4 is 5.32 Å². The van der Waals surface area contributed by atoms with Gasteiger partial charge in [0.05, 0.1) is 18.8 Å². The van der Waals surface area contributed by atoms with Gasteiger partial charge in [-0.25, -0.2) is 0 Å². The minimum absolute atomic E-state index is 0.338. The van der Waals surface area contributed by atoms with Crippen molar-refractivity contribution in [3.8, 4) is 0 Å². The van der Waals surface area contributed by atoms with E-state index in [4.69, 9.17) is 0 Å². The molecule has 6 heteroatoms. The van der Waals surface area contributed by atoms with E-state index in [1.807, 2.05) is 0 Å². The first-order valence-electron chi connectivity index (χ1n) is 21.2. The SMILES string of the molecule is CCCCC/C=C\C=C/CCCCCCCC(O)C(=O)NC(CO)C(O)C(O)CCC/C=C/CC/C=C/CC/C=C/CCCCCCCCCC. The zero-order valence-corrected chi connectivity index (χ0v) is 33.1. The van der Waals surface area contributed by atoms with E-state index >= 15 is 0 Å². The second-order valence-electron chi connectivity index (χ2n) is 14.3. The van der Waals surface area contributed by atoms with Crippen LogP contribution in [0.5, 0.6) is 0 Å². The van der Waals surface area contributed by atoms with Gasteiger partial charge >= 0.3 is 0 Å². The molecule has 0 aromatic carbocycles. The molecule has 0 saturated carbocycles. The third kappa shape index (κ3) is 33.6. The number of aliphatic hydroxyl groups excluding tert-OH is 4. The Hall–Kier alpha value is -1.99. The molecule has 6 nitrogen and oxygen atoms in total. The lowest BCUT2D eigenvalue weighted by Gasteiger charge is -2.27. The Morgan fingerprint density at radius 3 is 1.39 bits per heavy atom. The lowest BCUT2D eigenvalue weighted by molar-refractivity contribution is -0.132. The number of carbonyl (C=O) groups excluding carboxylic acids is 1. The van der Waals surface area contributed by atoms with E-state index in [1.165, 1.54) is 77.0 Å². The zero-order valence-electron chi connectivity index (χ0n) is 33.1. The van der Waals surface area contributed by atoms with Crippen molar-refractivity contribution in [2.45, 2.75) is 212 Å². The van der Waals surface area contributed by atoms with Crippen molar-refractivity contribution in [1.82, 2.24) is 5.32 Å². The van der Waals surface area contributed by atoms with Gasteiger partial charge < -0.3 is 25.7 Å². The van der Waals surface area contributed by atoms with E-state index < -0.39 is 36.9 Å². The smallest absolute Gasteiger partial charge is 0.249 e. The molecule has 0 aromatic heterocycles. The fraction of sp³-hybridized carbons (Fsp3) is 0.756. The molecule has 0 radical (unpaired) electrons. The molecule has 0 aromatic rings. The minimum Gasteiger partial charge on any atom is -0.394 e. The van der Waals surface area contributed by atoms with Crippen LogP contribution in [0, 0.1) is 0 Å². The summed E-state index contributed by atoms with van der Waals surface area (Å²) in [4.78, 5) is 12.5. The van der Waals surface area contributed by atoms with Gasteiger partial charge in [-0.2, -0.15) is 0 Å². The predicted molar refractivity (Wildman–Crippen MR) is 219 cm³/mol. The van der Waals surface area contributed by atoms with Crippen molar-refractivity contribution in [3.05, 3.63) is 60.8 Å². The molecule has 51 heavy (non-hydrogen) atoms. The van der Waals surface area contributed by atoms with Crippen molar-refractivity contribution < 1.29 is 25.2 Å². The fourth-order valence-corrected chi connectivity index (χ4v) is 6.01. The number of nitrogens with one attached hydrogen (secondary N) is 1. The van der Waals surface area contributed by atoms with Gasteiger partial charge in [-0.15, -0.1) is 0 Å². The Morgan fingerprint density at radius 2 is 0.882 bits per heavy atom. The number of rotatable bonds is 37. The molecule has 0 spiro atoms. The monoisotopic (exact) mass is 716 g/mol. The number of hydrogen-bond acceptors (Lipinski definition) is 5. The normalized spacial score (nSPS) is 14.9. The maximum atomic E-state index is 12.5. The molecular weight excluding hydrogens is 634 g/mol. The first-order valence-corrected chi connectivity index (χ1v) is 21.2. The largest absolute Gasteiger partial charge is 0.394 e. The Bertz CT molecular complexity index is 895. The lowest BCUT2D eigenvalue weighted by atomic mass is 10.00. The van der Waals surface area contributed by atoms with Crippen LogP contribution in [0.2, 0.25) is 0 Å². The van der Waals surface area contributed by atoms with Crippen molar-refractivity contribution in [2.24, 2.45) is 0 Å². The highest BCUT2D eigenvalue weighted by molar-refractivity contribution is 5.80. The standard InChI is InChI=1S/C45H81NO5/c1-3-5-7-9-11-13-15-17-19-20-21-22-23-24-25-27-28-30-32-34-36-38-42(48)44(50)41(40-47)46-45(51)43(49)39-37-35-33-31-29-26-18-16-14-12-10-8-6-4-2/h12,14,16,18,20-21,24-25,30,32,41-44,47-50H,3-11,13,15,17,19,22-23,26-29,31,33-40H2,1-2H3,(H,46,51)/b14-12-,18-16-,21-20+,25-24+,32-30+. The summed E-state index contributed by atoms with van der Waals surface area (Å²) in [7, 11) is 0. The number of allylic oxidation sites excluding steroid dienone is 10. The van der Waals surface area contributed by atoms with Gasteiger partial charge in [0.25, 0.3) is 0 Å². The summed E-state index contributed by atoms with van der Waals surface area (Å²) in [6.45, 7) is 3.98. The molecule has 0 aliphatic rings. The number of unbranched alkanes of at least 4 members (excludes halogenated alkanes) is 19. The highest BCUT2D eigenvalue weighted by Crippen LogP contribution is 2.13. The van der Waals surface area contributed by atoms with Gasteiger partial charge in [0, 0.05) is 0 Å². The number of amides is 1. The van der Waals surface area contributed by atoms with Crippen LogP contribution in [0.25, 0.3) is 0 Å². The summed E-state index contributed by atoms with van der Waals surface area (Å²) < 4.78 is 0. The predicted octanol–water partition coefficient (Wildman–Crippen LogP) is 10.9. The van der Waals surface area contributed by atoms with Gasteiger partial charge in [0.1, 0.15) is 12.2 Å². The minimum atomic E-state index is -1.30. The quantitative estimate of drug-likeness (QED) is 0.0250. The summed E-state index contributed by atoms with van der Waals surface area (Å²) in [6, 6.07) is -1.02. The number of hydrogen-bond donors (Lipinski definition) is 5. The maximum absolute atomic E-state index is 12.5. The topological polar surface area (TPSA) is 110 Å². The molecule has 0 heterocycles. The van der Waals surface area contributed by atoms with E-state index in [1.54, 1.807) is 0 Å². The van der Waals surface area contributed by atoms with E-state index in [0.717, 1.165) is 77.0 Å². The molecule has 4 atom stereocenters. The van der Waals surface area contributed by atoms with Crippen molar-refractivity contribution in [3.63, 3.8) is 0 Å². The first-order chi connectivity index (χ1) is 25.0. The summed E-state index contributed by atoms with van der Waals surface area (Å²) in [5, 5.41) is 43.5. The van der Waals surface area contributed by atoms with E-state index in [2.05, 4.69) is 79.9 Å². The van der Waals surface area contributed by atoms with Crippen LogP contribution in [-0.4, -0.2) is 57.3 Å². The second kappa shape index (κ2) is 39.2. The highest BCUT2D eigenvalue weighted by Gasteiger charge is 2.28.